The number of aryl methyl sites for hydroxylation is 2. The van der Waals surface area contributed by atoms with Gasteiger partial charge < -0.3 is 4.74 Å². The van der Waals surface area contributed by atoms with Gasteiger partial charge in [0.25, 0.3) is 5.56 Å². The van der Waals surface area contributed by atoms with Crippen molar-refractivity contribution >= 4 is 27.5 Å². The number of nitrogens with zero attached hydrogens (tertiary/aromatic N) is 1. The molecule has 0 aliphatic heterocycles. The number of ether oxygens (including phenoxy) is 1. The van der Waals surface area contributed by atoms with Crippen molar-refractivity contribution in [2.45, 2.75) is 59.6 Å². The van der Waals surface area contributed by atoms with Gasteiger partial charge in [0.15, 0.2) is 0 Å². The maximum Gasteiger partial charge on any atom is 0.332 e. The molecule has 0 saturated heterocycles. The van der Waals surface area contributed by atoms with Gasteiger partial charge in [-0.3, -0.25) is 9.78 Å². The van der Waals surface area contributed by atoms with E-state index < -0.39 is 28.4 Å². The normalized spacial score (nSPS) is 12.7. The summed E-state index contributed by atoms with van der Waals surface area (Å²) in [5.74, 6) is -0.624. The highest BCUT2D eigenvalue weighted by molar-refractivity contribution is 7.18. The van der Waals surface area contributed by atoms with Crippen LogP contribution < -0.4 is 11.2 Å². The number of aromatic amines is 1. The van der Waals surface area contributed by atoms with Crippen LogP contribution in [0.4, 0.5) is 0 Å². The van der Waals surface area contributed by atoms with E-state index in [4.69, 9.17) is 4.74 Å². The smallest absolute Gasteiger partial charge is 0.332 e. The Labute approximate surface area is 138 Å². The number of H-pyrrole nitrogens is 1. The van der Waals surface area contributed by atoms with Crippen molar-refractivity contribution in [3.8, 4) is 0 Å². The predicted octanol–water partition coefficient (Wildman–Crippen LogP) is 2.44. The first-order valence-corrected chi connectivity index (χ1v) is 8.17. The van der Waals surface area contributed by atoms with E-state index in [-0.39, 0.29) is 0 Å². The van der Waals surface area contributed by atoms with E-state index in [0.717, 1.165) is 15.0 Å². The minimum Gasteiger partial charge on any atom is -0.458 e. The Morgan fingerprint density at radius 3 is 2.22 bits per heavy atom. The number of thiophene rings is 1. The molecular formula is C16H22N2O4S. The molecule has 126 valence electrons. The Bertz CT molecular complexity index is 894. The minimum atomic E-state index is -1.41. The summed E-state index contributed by atoms with van der Waals surface area (Å²) in [5.41, 5.74) is -2.38. The number of aromatic nitrogens is 2. The highest BCUT2D eigenvalue weighted by Gasteiger charge is 2.37. The molecule has 0 bridgehead atoms. The van der Waals surface area contributed by atoms with Crippen LogP contribution in [0.15, 0.2) is 9.59 Å². The SMILES string of the molecule is Cc1sc2[nH]c(=O)n(C(C)(C)C(=O)OC(C)(C)C)c(=O)c2c1C. The van der Waals surface area contributed by atoms with Gasteiger partial charge in [-0.2, -0.15) is 0 Å². The number of carbonyl (C=O) groups is 1. The van der Waals surface area contributed by atoms with Crippen LogP contribution >= 0.6 is 11.3 Å². The molecule has 6 nitrogen and oxygen atoms in total. The van der Waals surface area contributed by atoms with Gasteiger partial charge in [0.1, 0.15) is 16.0 Å². The third kappa shape index (κ3) is 2.97. The molecule has 2 heterocycles. The number of fused-ring (bicyclic) bond motifs is 1. The molecule has 0 atom stereocenters. The van der Waals surface area contributed by atoms with Crippen LogP contribution in [0.5, 0.6) is 0 Å². The van der Waals surface area contributed by atoms with Crippen LogP contribution in [0.1, 0.15) is 45.1 Å². The van der Waals surface area contributed by atoms with E-state index in [1.165, 1.54) is 25.2 Å². The first kappa shape index (κ1) is 17.5. The molecule has 1 N–H and O–H groups in total. The summed E-state index contributed by atoms with van der Waals surface area (Å²) in [7, 11) is 0. The van der Waals surface area contributed by atoms with Crippen LogP contribution in [-0.2, 0) is 15.1 Å². The van der Waals surface area contributed by atoms with Gasteiger partial charge in [-0.15, -0.1) is 11.3 Å². The fraction of sp³-hybridized carbons (Fsp3) is 0.562. The monoisotopic (exact) mass is 338 g/mol. The molecular weight excluding hydrogens is 316 g/mol. The number of rotatable bonds is 2. The number of nitrogens with one attached hydrogen (secondary N) is 1. The lowest BCUT2D eigenvalue weighted by molar-refractivity contribution is -0.164. The molecule has 0 saturated carbocycles. The lowest BCUT2D eigenvalue weighted by Crippen LogP contribution is -2.52. The van der Waals surface area contributed by atoms with Crippen molar-refractivity contribution < 1.29 is 9.53 Å². The molecule has 2 aromatic heterocycles. The van der Waals surface area contributed by atoms with E-state index in [9.17, 15) is 14.4 Å². The third-order valence-corrected chi connectivity index (χ3v) is 4.81. The highest BCUT2D eigenvalue weighted by Crippen LogP contribution is 2.26. The Balaban J connectivity index is 2.72. The molecule has 0 unspecified atom stereocenters. The van der Waals surface area contributed by atoms with Crippen LogP contribution in [0, 0.1) is 13.8 Å². The molecule has 0 fully saturated rings. The molecule has 2 rings (SSSR count). The van der Waals surface area contributed by atoms with Crippen molar-refractivity contribution in [3.05, 3.63) is 31.3 Å². The van der Waals surface area contributed by atoms with Gasteiger partial charge in [-0.1, -0.05) is 0 Å². The molecule has 2 aromatic rings. The van der Waals surface area contributed by atoms with E-state index in [1.54, 1.807) is 20.8 Å². The largest absolute Gasteiger partial charge is 0.458 e. The van der Waals surface area contributed by atoms with E-state index in [2.05, 4.69) is 4.98 Å². The lowest BCUT2D eigenvalue weighted by atomic mass is 10.0. The van der Waals surface area contributed by atoms with Crippen molar-refractivity contribution in [1.82, 2.24) is 9.55 Å². The number of hydrogen-bond donors (Lipinski definition) is 1. The van der Waals surface area contributed by atoms with Crippen molar-refractivity contribution in [2.24, 2.45) is 0 Å². The molecule has 0 spiro atoms. The van der Waals surface area contributed by atoms with Gasteiger partial charge >= 0.3 is 11.7 Å². The molecule has 0 radical (unpaired) electrons. The zero-order valence-electron chi connectivity index (χ0n) is 14.5. The maximum atomic E-state index is 12.8. The van der Waals surface area contributed by atoms with E-state index >= 15 is 0 Å². The van der Waals surface area contributed by atoms with Crippen LogP contribution in [0.25, 0.3) is 10.2 Å². The average molecular weight is 338 g/mol. The van der Waals surface area contributed by atoms with E-state index in [1.807, 2.05) is 13.8 Å². The van der Waals surface area contributed by atoms with Gasteiger partial charge in [0.2, 0.25) is 0 Å². The summed E-state index contributed by atoms with van der Waals surface area (Å²) in [4.78, 5) is 41.9. The summed E-state index contributed by atoms with van der Waals surface area (Å²) < 4.78 is 6.31. The first-order chi connectivity index (χ1) is 10.4. The minimum absolute atomic E-state index is 0.448. The Morgan fingerprint density at radius 1 is 1.13 bits per heavy atom. The second-order valence-electron chi connectivity index (χ2n) is 7.12. The Kier molecular flexibility index (Phi) is 4.05. The topological polar surface area (TPSA) is 81.2 Å². The van der Waals surface area contributed by atoms with Crippen molar-refractivity contribution in [3.63, 3.8) is 0 Å². The standard InChI is InChI=1S/C16H22N2O4S/c1-8-9(2)23-11-10(8)12(19)18(14(21)17-11)16(6,7)13(20)22-15(3,4)5/h1-7H3,(H,17,21). The molecule has 0 amide bonds. The fourth-order valence-electron chi connectivity index (χ4n) is 2.33. The third-order valence-electron chi connectivity index (χ3n) is 3.68. The van der Waals surface area contributed by atoms with E-state index in [0.29, 0.717) is 10.2 Å². The van der Waals surface area contributed by atoms with Crippen LogP contribution in [0.3, 0.4) is 0 Å². The zero-order chi connectivity index (χ0) is 17.7. The lowest BCUT2D eigenvalue weighted by Gasteiger charge is -2.29. The van der Waals surface area contributed by atoms with Gasteiger partial charge in [0, 0.05) is 4.88 Å². The van der Waals surface area contributed by atoms with Crippen LogP contribution in [-0.4, -0.2) is 21.1 Å². The molecule has 23 heavy (non-hydrogen) atoms. The Hall–Kier alpha value is -1.89. The molecule has 0 aromatic carbocycles. The Morgan fingerprint density at radius 2 is 1.70 bits per heavy atom. The summed E-state index contributed by atoms with van der Waals surface area (Å²) >= 11 is 1.36. The number of hydrogen-bond acceptors (Lipinski definition) is 5. The first-order valence-electron chi connectivity index (χ1n) is 7.35. The van der Waals surface area contributed by atoms with Crippen molar-refractivity contribution in [1.29, 1.82) is 0 Å². The maximum absolute atomic E-state index is 12.8. The highest BCUT2D eigenvalue weighted by atomic mass is 32.1. The van der Waals surface area contributed by atoms with Crippen LogP contribution in [0.2, 0.25) is 0 Å². The molecule has 0 aliphatic rings. The summed E-state index contributed by atoms with van der Waals surface area (Å²) in [5, 5.41) is 0.448. The second kappa shape index (κ2) is 5.33. The molecule has 7 heteroatoms. The van der Waals surface area contributed by atoms with Crippen molar-refractivity contribution in [2.75, 3.05) is 0 Å². The van der Waals surface area contributed by atoms with Gasteiger partial charge in [-0.25, -0.2) is 14.2 Å². The molecule has 0 aliphatic carbocycles. The average Bonchev–Trinajstić information content (AvgIpc) is 2.62. The zero-order valence-corrected chi connectivity index (χ0v) is 15.3. The fourth-order valence-corrected chi connectivity index (χ4v) is 3.37. The summed E-state index contributed by atoms with van der Waals surface area (Å²) in [6, 6.07) is 0. The summed E-state index contributed by atoms with van der Waals surface area (Å²) in [6.45, 7) is 12.0. The second-order valence-corrected chi connectivity index (χ2v) is 8.34. The quantitative estimate of drug-likeness (QED) is 0.853. The van der Waals surface area contributed by atoms with Gasteiger partial charge in [-0.05, 0) is 54.0 Å². The number of carbonyl (C=O) groups excluding carboxylic acids is 1. The predicted molar refractivity (Wildman–Crippen MR) is 91.3 cm³/mol. The number of esters is 1. The van der Waals surface area contributed by atoms with Gasteiger partial charge in [0.05, 0.1) is 5.39 Å². The summed E-state index contributed by atoms with van der Waals surface area (Å²) in [6.07, 6.45) is 0.